The fourth-order valence-corrected chi connectivity index (χ4v) is 2.91. The molecule has 0 aliphatic carbocycles. The Labute approximate surface area is 160 Å². The van der Waals surface area contributed by atoms with Gasteiger partial charge in [0.1, 0.15) is 23.2 Å². The standard InChI is InChI=1S/C21H17FN4O2/c1-26-13-12-23-21(26)20(14-6-8-15(22)9-7-14)25-18(27)10-11-19-24-16-4-2-3-5-17(16)28-19/h2-13,20H,1H3,(H,25,27)/b11-10+. The molecule has 2 aromatic carbocycles. The number of aryl methyl sites for hydroxylation is 1. The molecular weight excluding hydrogens is 359 g/mol. The van der Waals surface area contributed by atoms with Gasteiger partial charge in [-0.1, -0.05) is 24.3 Å². The minimum absolute atomic E-state index is 0.340. The van der Waals surface area contributed by atoms with Gasteiger partial charge in [-0.3, -0.25) is 4.79 Å². The van der Waals surface area contributed by atoms with Crippen LogP contribution in [0.4, 0.5) is 4.39 Å². The molecule has 2 heterocycles. The lowest BCUT2D eigenvalue weighted by atomic mass is 10.1. The van der Waals surface area contributed by atoms with Gasteiger partial charge in [-0.2, -0.15) is 0 Å². The fourth-order valence-electron chi connectivity index (χ4n) is 2.91. The number of aromatic nitrogens is 3. The number of carbonyl (C=O) groups excluding carboxylic acids is 1. The van der Waals surface area contributed by atoms with Crippen molar-refractivity contribution in [2.75, 3.05) is 0 Å². The molecule has 4 aromatic rings. The second kappa shape index (κ2) is 7.48. The maximum atomic E-state index is 13.3. The van der Waals surface area contributed by atoms with Crippen molar-refractivity contribution in [3.8, 4) is 0 Å². The number of benzene rings is 2. The lowest BCUT2D eigenvalue weighted by Crippen LogP contribution is -2.29. The van der Waals surface area contributed by atoms with Crippen LogP contribution in [0.3, 0.4) is 0 Å². The topological polar surface area (TPSA) is 73.0 Å². The van der Waals surface area contributed by atoms with Crippen LogP contribution in [0.15, 0.2) is 71.4 Å². The van der Waals surface area contributed by atoms with E-state index >= 15 is 0 Å². The minimum atomic E-state index is -0.526. The fraction of sp³-hybridized carbons (Fsp3) is 0.0952. The molecule has 140 valence electrons. The highest BCUT2D eigenvalue weighted by Gasteiger charge is 2.20. The number of para-hydroxylation sites is 2. The van der Waals surface area contributed by atoms with Gasteiger partial charge in [-0.05, 0) is 29.8 Å². The molecule has 4 rings (SSSR count). The summed E-state index contributed by atoms with van der Waals surface area (Å²) in [6.45, 7) is 0. The first-order valence-electron chi connectivity index (χ1n) is 8.67. The largest absolute Gasteiger partial charge is 0.437 e. The maximum absolute atomic E-state index is 13.3. The molecule has 0 aliphatic heterocycles. The Morgan fingerprint density at radius 3 is 2.71 bits per heavy atom. The number of imidazole rings is 1. The zero-order valence-corrected chi connectivity index (χ0v) is 15.0. The summed E-state index contributed by atoms with van der Waals surface area (Å²) in [5.41, 5.74) is 2.10. The first-order valence-corrected chi connectivity index (χ1v) is 8.67. The molecule has 0 bridgehead atoms. The normalized spacial score (nSPS) is 12.5. The smallest absolute Gasteiger partial charge is 0.245 e. The third-order valence-corrected chi connectivity index (χ3v) is 4.29. The third kappa shape index (κ3) is 3.68. The van der Waals surface area contributed by atoms with Gasteiger partial charge in [0, 0.05) is 31.6 Å². The lowest BCUT2D eigenvalue weighted by molar-refractivity contribution is -0.117. The van der Waals surface area contributed by atoms with Crippen LogP contribution in [0, 0.1) is 5.82 Å². The Hall–Kier alpha value is -3.74. The molecule has 0 aliphatic rings. The molecule has 28 heavy (non-hydrogen) atoms. The van der Waals surface area contributed by atoms with Crippen molar-refractivity contribution in [1.82, 2.24) is 19.9 Å². The molecule has 1 unspecified atom stereocenters. The zero-order chi connectivity index (χ0) is 19.5. The van der Waals surface area contributed by atoms with E-state index in [-0.39, 0.29) is 11.7 Å². The highest BCUT2D eigenvalue weighted by Crippen LogP contribution is 2.21. The van der Waals surface area contributed by atoms with Crippen molar-refractivity contribution < 1.29 is 13.6 Å². The number of rotatable bonds is 5. The van der Waals surface area contributed by atoms with Crippen LogP contribution in [0.2, 0.25) is 0 Å². The Morgan fingerprint density at radius 2 is 2.00 bits per heavy atom. The molecule has 1 atom stereocenters. The van der Waals surface area contributed by atoms with E-state index in [4.69, 9.17) is 4.42 Å². The van der Waals surface area contributed by atoms with E-state index in [1.54, 1.807) is 29.1 Å². The van der Waals surface area contributed by atoms with E-state index in [9.17, 15) is 9.18 Å². The summed E-state index contributed by atoms with van der Waals surface area (Å²) in [7, 11) is 1.83. The number of amides is 1. The third-order valence-electron chi connectivity index (χ3n) is 4.29. The van der Waals surface area contributed by atoms with Crippen molar-refractivity contribution in [2.45, 2.75) is 6.04 Å². The van der Waals surface area contributed by atoms with Crippen molar-refractivity contribution in [3.05, 3.63) is 90.1 Å². The average molecular weight is 376 g/mol. The SMILES string of the molecule is Cn1ccnc1C(NC(=O)/C=C/c1nc2ccccc2o1)c1ccc(F)cc1. The second-order valence-corrected chi connectivity index (χ2v) is 6.24. The molecule has 6 nitrogen and oxygen atoms in total. The summed E-state index contributed by atoms with van der Waals surface area (Å²) in [5, 5.41) is 2.90. The number of hydrogen-bond donors (Lipinski definition) is 1. The Bertz CT molecular complexity index is 1110. The summed E-state index contributed by atoms with van der Waals surface area (Å²) >= 11 is 0. The number of fused-ring (bicyclic) bond motifs is 1. The van der Waals surface area contributed by atoms with Gasteiger partial charge in [0.05, 0.1) is 0 Å². The Balaban J connectivity index is 1.56. The maximum Gasteiger partial charge on any atom is 0.245 e. The monoisotopic (exact) mass is 376 g/mol. The molecule has 2 aromatic heterocycles. The predicted molar refractivity (Wildman–Crippen MR) is 103 cm³/mol. The molecule has 0 spiro atoms. The van der Waals surface area contributed by atoms with Crippen LogP contribution in [-0.2, 0) is 11.8 Å². The van der Waals surface area contributed by atoms with Crippen LogP contribution < -0.4 is 5.32 Å². The summed E-state index contributed by atoms with van der Waals surface area (Å²) in [4.78, 5) is 21.1. The molecular formula is C21H17FN4O2. The average Bonchev–Trinajstić information content (AvgIpc) is 3.31. The summed E-state index contributed by atoms with van der Waals surface area (Å²) < 4.78 is 20.7. The lowest BCUT2D eigenvalue weighted by Gasteiger charge is -2.18. The zero-order valence-electron chi connectivity index (χ0n) is 15.0. The van der Waals surface area contributed by atoms with Gasteiger partial charge in [0.15, 0.2) is 5.58 Å². The summed E-state index contributed by atoms with van der Waals surface area (Å²) in [6, 6.07) is 12.8. The highest BCUT2D eigenvalue weighted by molar-refractivity contribution is 5.92. The Kier molecular flexibility index (Phi) is 4.72. The van der Waals surface area contributed by atoms with Crippen molar-refractivity contribution in [2.24, 2.45) is 7.05 Å². The molecule has 0 saturated carbocycles. The molecule has 1 N–H and O–H groups in total. The van der Waals surface area contributed by atoms with Crippen LogP contribution in [0.1, 0.15) is 23.3 Å². The molecule has 0 radical (unpaired) electrons. The van der Waals surface area contributed by atoms with Crippen molar-refractivity contribution in [3.63, 3.8) is 0 Å². The predicted octanol–water partition coefficient (Wildman–Crippen LogP) is 3.62. The van der Waals surface area contributed by atoms with Crippen molar-refractivity contribution >= 4 is 23.1 Å². The van der Waals surface area contributed by atoms with Crippen LogP contribution in [0.25, 0.3) is 17.2 Å². The van der Waals surface area contributed by atoms with Crippen molar-refractivity contribution in [1.29, 1.82) is 0 Å². The summed E-state index contributed by atoms with van der Waals surface area (Å²) in [6.07, 6.45) is 6.29. The first-order chi connectivity index (χ1) is 13.6. The van der Waals surface area contributed by atoms with E-state index in [0.29, 0.717) is 17.3 Å². The number of hydrogen-bond acceptors (Lipinski definition) is 4. The molecule has 1 amide bonds. The van der Waals surface area contributed by atoms with Gasteiger partial charge in [0.2, 0.25) is 11.8 Å². The molecule has 7 heteroatoms. The summed E-state index contributed by atoms with van der Waals surface area (Å²) in [5.74, 6) is 0.283. The number of nitrogens with zero attached hydrogens (tertiary/aromatic N) is 3. The van der Waals surface area contributed by atoms with Crippen LogP contribution >= 0.6 is 0 Å². The van der Waals surface area contributed by atoms with Gasteiger partial charge in [-0.15, -0.1) is 0 Å². The quantitative estimate of drug-likeness (QED) is 0.540. The van der Waals surface area contributed by atoms with Gasteiger partial charge in [0.25, 0.3) is 0 Å². The molecule has 0 saturated heterocycles. The van der Waals surface area contributed by atoms with Gasteiger partial charge in [-0.25, -0.2) is 14.4 Å². The first kappa shape index (κ1) is 17.7. The number of nitrogens with one attached hydrogen (secondary N) is 1. The number of oxazole rings is 1. The van der Waals surface area contributed by atoms with Gasteiger partial charge < -0.3 is 14.3 Å². The van der Waals surface area contributed by atoms with E-state index in [0.717, 1.165) is 11.1 Å². The van der Waals surface area contributed by atoms with E-state index in [1.165, 1.54) is 24.3 Å². The van der Waals surface area contributed by atoms with E-state index in [1.807, 2.05) is 31.3 Å². The van der Waals surface area contributed by atoms with E-state index < -0.39 is 6.04 Å². The second-order valence-electron chi connectivity index (χ2n) is 6.24. The van der Waals surface area contributed by atoms with Gasteiger partial charge >= 0.3 is 0 Å². The molecule has 0 fully saturated rings. The minimum Gasteiger partial charge on any atom is -0.437 e. The highest BCUT2D eigenvalue weighted by atomic mass is 19.1. The van der Waals surface area contributed by atoms with E-state index in [2.05, 4.69) is 15.3 Å². The van der Waals surface area contributed by atoms with Crippen LogP contribution in [-0.4, -0.2) is 20.4 Å². The van der Waals surface area contributed by atoms with Crippen LogP contribution in [0.5, 0.6) is 0 Å². The number of halogens is 1. The number of carbonyl (C=O) groups is 1. The Morgan fingerprint density at radius 1 is 1.21 bits per heavy atom.